The predicted octanol–water partition coefficient (Wildman–Crippen LogP) is 3.35. The molecule has 0 radical (unpaired) electrons. The minimum atomic E-state index is -0.549. The van der Waals surface area contributed by atoms with Crippen LogP contribution in [0, 0.1) is 11.6 Å². The molecule has 0 saturated heterocycles. The van der Waals surface area contributed by atoms with Crippen LogP contribution in [0.15, 0.2) is 29.0 Å². The molecule has 0 saturated carbocycles. The third-order valence-electron chi connectivity index (χ3n) is 3.04. The number of nitrogens with zero attached hydrogens (tertiary/aromatic N) is 2. The summed E-state index contributed by atoms with van der Waals surface area (Å²) in [5.41, 5.74) is 0.999. The molecule has 1 aromatic heterocycles. The van der Waals surface area contributed by atoms with Crippen molar-refractivity contribution < 1.29 is 8.78 Å². The Labute approximate surface area is 125 Å². The Bertz CT molecular complexity index is 575. The van der Waals surface area contributed by atoms with Crippen molar-refractivity contribution in [2.24, 2.45) is 7.05 Å². The molecule has 0 aliphatic carbocycles. The lowest BCUT2D eigenvalue weighted by Crippen LogP contribution is -2.25. The second kappa shape index (κ2) is 6.45. The molecule has 0 fully saturated rings. The molecule has 0 spiro atoms. The second-order valence-corrected chi connectivity index (χ2v) is 5.54. The lowest BCUT2D eigenvalue weighted by Gasteiger charge is -2.19. The molecule has 0 aliphatic rings. The van der Waals surface area contributed by atoms with E-state index in [9.17, 15) is 8.78 Å². The number of halogens is 3. The highest BCUT2D eigenvalue weighted by molar-refractivity contribution is 9.10. The zero-order chi connectivity index (χ0) is 14.7. The highest BCUT2D eigenvalue weighted by atomic mass is 79.9. The van der Waals surface area contributed by atoms with E-state index in [0.717, 1.165) is 5.56 Å². The van der Waals surface area contributed by atoms with Crippen molar-refractivity contribution in [3.63, 3.8) is 0 Å². The van der Waals surface area contributed by atoms with Gasteiger partial charge in [0, 0.05) is 29.3 Å². The van der Waals surface area contributed by atoms with Crippen LogP contribution >= 0.6 is 15.9 Å². The predicted molar refractivity (Wildman–Crippen MR) is 77.4 cm³/mol. The normalized spacial score (nSPS) is 12.7. The summed E-state index contributed by atoms with van der Waals surface area (Å²) in [6, 6.07) is 2.15. The Hall–Kier alpha value is -1.27. The highest BCUT2D eigenvalue weighted by Crippen LogP contribution is 2.27. The largest absolute Gasteiger partial charge is 0.310 e. The average Bonchev–Trinajstić information content (AvgIpc) is 2.73. The molecule has 20 heavy (non-hydrogen) atoms. The molecule has 1 unspecified atom stereocenters. The van der Waals surface area contributed by atoms with Crippen LogP contribution in [0.5, 0.6) is 0 Å². The number of benzene rings is 1. The van der Waals surface area contributed by atoms with Crippen LogP contribution in [0.2, 0.25) is 0 Å². The first kappa shape index (κ1) is 15.1. The van der Waals surface area contributed by atoms with Crippen LogP contribution in [0.25, 0.3) is 0 Å². The zero-order valence-corrected chi connectivity index (χ0v) is 12.9. The molecule has 1 aromatic carbocycles. The van der Waals surface area contributed by atoms with Gasteiger partial charge in [0.15, 0.2) is 0 Å². The summed E-state index contributed by atoms with van der Waals surface area (Å²) in [5.74, 6) is -1.10. The van der Waals surface area contributed by atoms with Crippen molar-refractivity contribution in [1.82, 2.24) is 15.1 Å². The summed E-state index contributed by atoms with van der Waals surface area (Å²) in [7, 11) is 1.81. The lowest BCUT2D eigenvalue weighted by molar-refractivity contribution is 0.472. The molecule has 2 rings (SSSR count). The van der Waals surface area contributed by atoms with Crippen molar-refractivity contribution in [1.29, 1.82) is 0 Å². The molecule has 0 aliphatic heterocycles. The second-order valence-electron chi connectivity index (χ2n) is 4.62. The first-order valence-corrected chi connectivity index (χ1v) is 7.16. The lowest BCUT2D eigenvalue weighted by atomic mass is 9.99. The van der Waals surface area contributed by atoms with Gasteiger partial charge in [0.05, 0.1) is 6.20 Å². The van der Waals surface area contributed by atoms with Gasteiger partial charge in [0.2, 0.25) is 0 Å². The molecule has 108 valence electrons. The van der Waals surface area contributed by atoms with Crippen molar-refractivity contribution in [3.8, 4) is 0 Å². The van der Waals surface area contributed by atoms with Crippen LogP contribution in [-0.4, -0.2) is 16.3 Å². The van der Waals surface area contributed by atoms with Crippen molar-refractivity contribution in [2.75, 3.05) is 6.54 Å². The van der Waals surface area contributed by atoms with Crippen LogP contribution in [0.3, 0.4) is 0 Å². The summed E-state index contributed by atoms with van der Waals surface area (Å²) in [6.07, 6.45) is 4.04. The Morgan fingerprint density at radius 1 is 1.35 bits per heavy atom. The van der Waals surface area contributed by atoms with E-state index in [4.69, 9.17) is 0 Å². The minimum absolute atomic E-state index is 0.0684. The maximum absolute atomic E-state index is 14.1. The summed E-state index contributed by atoms with van der Waals surface area (Å²) in [5, 5.41) is 7.20. The van der Waals surface area contributed by atoms with E-state index < -0.39 is 17.7 Å². The third kappa shape index (κ3) is 3.43. The van der Waals surface area contributed by atoms with Gasteiger partial charge in [-0.1, -0.05) is 22.9 Å². The fourth-order valence-electron chi connectivity index (χ4n) is 2.22. The number of hydrogen-bond donors (Lipinski definition) is 1. The van der Waals surface area contributed by atoms with Gasteiger partial charge in [0.25, 0.3) is 0 Å². The van der Waals surface area contributed by atoms with Crippen molar-refractivity contribution in [3.05, 3.63) is 51.8 Å². The smallest absolute Gasteiger partial charge is 0.132 e. The van der Waals surface area contributed by atoms with Gasteiger partial charge in [-0.2, -0.15) is 5.10 Å². The first-order valence-electron chi connectivity index (χ1n) is 6.36. The molecular weight excluding hydrogens is 328 g/mol. The van der Waals surface area contributed by atoms with Crippen molar-refractivity contribution in [2.45, 2.75) is 19.4 Å². The van der Waals surface area contributed by atoms with E-state index in [1.165, 1.54) is 12.1 Å². The first-order chi connectivity index (χ1) is 9.51. The van der Waals surface area contributed by atoms with Gasteiger partial charge in [-0.15, -0.1) is 0 Å². The van der Waals surface area contributed by atoms with Crippen LogP contribution < -0.4 is 5.32 Å². The topological polar surface area (TPSA) is 29.9 Å². The highest BCUT2D eigenvalue weighted by Gasteiger charge is 2.21. The number of nitrogens with one attached hydrogen (secondary N) is 1. The van der Waals surface area contributed by atoms with Crippen molar-refractivity contribution >= 4 is 15.9 Å². The average molecular weight is 344 g/mol. The van der Waals surface area contributed by atoms with Gasteiger partial charge < -0.3 is 5.32 Å². The van der Waals surface area contributed by atoms with E-state index in [0.29, 0.717) is 17.4 Å². The number of aryl methyl sites for hydroxylation is 1. The zero-order valence-electron chi connectivity index (χ0n) is 11.3. The Kier molecular flexibility index (Phi) is 4.88. The quantitative estimate of drug-likeness (QED) is 0.902. The van der Waals surface area contributed by atoms with E-state index in [1.54, 1.807) is 10.9 Å². The summed E-state index contributed by atoms with van der Waals surface area (Å²) >= 11 is 3.09. The van der Waals surface area contributed by atoms with Gasteiger partial charge >= 0.3 is 0 Å². The molecule has 3 nitrogen and oxygen atoms in total. The summed E-state index contributed by atoms with van der Waals surface area (Å²) < 4.78 is 30.2. The maximum Gasteiger partial charge on any atom is 0.132 e. The Morgan fingerprint density at radius 2 is 2.00 bits per heavy atom. The number of aromatic nitrogens is 2. The maximum atomic E-state index is 14.1. The molecule has 2 aromatic rings. The van der Waals surface area contributed by atoms with Gasteiger partial charge in [-0.3, -0.25) is 4.68 Å². The fraction of sp³-hybridized carbons (Fsp3) is 0.357. The van der Waals surface area contributed by atoms with Crippen LogP contribution in [0.1, 0.15) is 24.1 Å². The van der Waals surface area contributed by atoms with E-state index in [2.05, 4.69) is 26.3 Å². The molecular formula is C14H16BrF2N3. The monoisotopic (exact) mass is 343 g/mol. The number of likely N-dealkylation sites (N-methyl/N-ethyl adjacent to an activating group) is 1. The molecule has 0 bridgehead atoms. The van der Waals surface area contributed by atoms with Gasteiger partial charge in [-0.05, 0) is 30.7 Å². The Morgan fingerprint density at radius 3 is 2.50 bits per heavy atom. The Balaban J connectivity index is 2.33. The van der Waals surface area contributed by atoms with E-state index in [1.807, 2.05) is 20.2 Å². The molecule has 1 heterocycles. The molecule has 6 heteroatoms. The number of hydrogen-bond acceptors (Lipinski definition) is 2. The standard InChI is InChI=1S/C14H16BrF2N3/c1-3-18-13(4-9-7-19-20(2)8-9)14-11(16)5-10(15)6-12(14)17/h5-8,13,18H,3-4H2,1-2H3. The van der Waals surface area contributed by atoms with E-state index >= 15 is 0 Å². The van der Waals surface area contributed by atoms with Crippen LogP contribution in [-0.2, 0) is 13.5 Å². The molecule has 1 atom stereocenters. The summed E-state index contributed by atoms with van der Waals surface area (Å²) in [6.45, 7) is 2.53. The fourth-order valence-corrected chi connectivity index (χ4v) is 2.62. The third-order valence-corrected chi connectivity index (χ3v) is 3.50. The molecule has 1 N–H and O–H groups in total. The van der Waals surface area contributed by atoms with E-state index in [-0.39, 0.29) is 5.56 Å². The summed E-state index contributed by atoms with van der Waals surface area (Å²) in [4.78, 5) is 0. The number of rotatable bonds is 5. The van der Waals surface area contributed by atoms with Crippen LogP contribution in [0.4, 0.5) is 8.78 Å². The molecule has 0 amide bonds. The SMILES string of the molecule is CCNC(Cc1cnn(C)c1)c1c(F)cc(Br)cc1F. The minimum Gasteiger partial charge on any atom is -0.310 e. The van der Waals surface area contributed by atoms with Gasteiger partial charge in [-0.25, -0.2) is 8.78 Å². The van der Waals surface area contributed by atoms with Gasteiger partial charge in [0.1, 0.15) is 11.6 Å².